The molecular weight excluding hydrogens is 280 g/mol. The fraction of sp³-hybridized carbons (Fsp3) is 0.167. The van der Waals surface area contributed by atoms with Gasteiger partial charge in [0.05, 0.1) is 7.11 Å². The zero-order chi connectivity index (χ0) is 15.8. The molecule has 22 heavy (non-hydrogen) atoms. The molecule has 4 nitrogen and oxygen atoms in total. The van der Waals surface area contributed by atoms with Gasteiger partial charge in [0, 0.05) is 0 Å². The Morgan fingerprint density at radius 1 is 1.09 bits per heavy atom. The number of esters is 1. The molecule has 0 aliphatic rings. The summed E-state index contributed by atoms with van der Waals surface area (Å²) >= 11 is 0. The first-order valence-corrected chi connectivity index (χ1v) is 6.89. The van der Waals surface area contributed by atoms with Gasteiger partial charge in [0.2, 0.25) is 0 Å². The Hall–Kier alpha value is -2.75. The van der Waals surface area contributed by atoms with Gasteiger partial charge in [-0.25, -0.2) is 4.79 Å². The summed E-state index contributed by atoms with van der Waals surface area (Å²) < 4.78 is 15.8. The molecule has 0 unspecified atom stereocenters. The van der Waals surface area contributed by atoms with Gasteiger partial charge < -0.3 is 14.2 Å². The van der Waals surface area contributed by atoms with E-state index in [1.165, 1.54) is 0 Å². The van der Waals surface area contributed by atoms with E-state index in [1.54, 1.807) is 37.5 Å². The van der Waals surface area contributed by atoms with E-state index < -0.39 is 5.97 Å². The average Bonchev–Trinajstić information content (AvgIpc) is 2.55. The third-order valence-electron chi connectivity index (χ3n) is 2.97. The van der Waals surface area contributed by atoms with Crippen molar-refractivity contribution < 1.29 is 19.0 Å². The van der Waals surface area contributed by atoms with Crippen LogP contribution in [0.3, 0.4) is 0 Å². The average molecular weight is 298 g/mol. The lowest BCUT2D eigenvalue weighted by Gasteiger charge is -2.10. The maximum absolute atomic E-state index is 11.8. The number of carbonyl (C=O) groups is 1. The normalized spacial score (nSPS) is 9.86. The van der Waals surface area contributed by atoms with Gasteiger partial charge in [-0.15, -0.1) is 6.58 Å². The van der Waals surface area contributed by atoms with Gasteiger partial charge in [-0.1, -0.05) is 24.3 Å². The SMILES string of the molecule is C=CCc1ccccc1OCC(=O)Oc1ccc(OC)cc1. The van der Waals surface area contributed by atoms with Crippen LogP contribution in [0.4, 0.5) is 0 Å². The molecule has 0 atom stereocenters. The van der Waals surface area contributed by atoms with Crippen LogP contribution in [-0.2, 0) is 11.2 Å². The molecular formula is C18H18O4. The number of methoxy groups -OCH3 is 1. The number of ether oxygens (including phenoxy) is 3. The lowest BCUT2D eigenvalue weighted by Crippen LogP contribution is -2.18. The van der Waals surface area contributed by atoms with Gasteiger partial charge in [0.15, 0.2) is 6.61 Å². The highest BCUT2D eigenvalue weighted by Crippen LogP contribution is 2.20. The Morgan fingerprint density at radius 3 is 2.45 bits per heavy atom. The number of rotatable bonds is 7. The van der Waals surface area contributed by atoms with Crippen LogP contribution in [0, 0.1) is 0 Å². The van der Waals surface area contributed by atoms with E-state index >= 15 is 0 Å². The van der Waals surface area contributed by atoms with Crippen LogP contribution in [0.2, 0.25) is 0 Å². The minimum Gasteiger partial charge on any atom is -0.497 e. The quantitative estimate of drug-likeness (QED) is 0.446. The molecule has 0 bridgehead atoms. The van der Waals surface area contributed by atoms with Crippen molar-refractivity contribution in [3.8, 4) is 17.2 Å². The number of para-hydroxylation sites is 1. The lowest BCUT2D eigenvalue weighted by molar-refractivity contribution is -0.136. The van der Waals surface area contributed by atoms with Crippen molar-refractivity contribution in [2.24, 2.45) is 0 Å². The third-order valence-corrected chi connectivity index (χ3v) is 2.97. The second-order valence-corrected chi connectivity index (χ2v) is 4.54. The molecule has 114 valence electrons. The van der Waals surface area contributed by atoms with E-state index in [2.05, 4.69) is 6.58 Å². The van der Waals surface area contributed by atoms with E-state index in [0.717, 1.165) is 5.56 Å². The Bertz CT molecular complexity index is 632. The summed E-state index contributed by atoms with van der Waals surface area (Å²) in [6.45, 7) is 3.55. The number of benzene rings is 2. The maximum atomic E-state index is 11.8. The predicted molar refractivity (Wildman–Crippen MR) is 84.5 cm³/mol. The summed E-state index contributed by atoms with van der Waals surface area (Å²) in [7, 11) is 1.58. The Morgan fingerprint density at radius 2 is 1.77 bits per heavy atom. The molecule has 0 aromatic heterocycles. The summed E-state index contributed by atoms with van der Waals surface area (Å²) in [4.78, 5) is 11.8. The molecule has 0 fully saturated rings. The summed E-state index contributed by atoms with van der Waals surface area (Å²) in [5.41, 5.74) is 0.981. The maximum Gasteiger partial charge on any atom is 0.349 e. The molecule has 0 aliphatic carbocycles. The van der Waals surface area contributed by atoms with E-state index in [0.29, 0.717) is 23.7 Å². The number of carbonyl (C=O) groups excluding carboxylic acids is 1. The van der Waals surface area contributed by atoms with Gasteiger partial charge in [-0.05, 0) is 42.3 Å². The smallest absolute Gasteiger partial charge is 0.349 e. The van der Waals surface area contributed by atoms with Crippen LogP contribution >= 0.6 is 0 Å². The Balaban J connectivity index is 1.91. The van der Waals surface area contributed by atoms with E-state index in [9.17, 15) is 4.79 Å². The minimum atomic E-state index is -0.460. The largest absolute Gasteiger partial charge is 0.497 e. The molecule has 0 radical (unpaired) electrons. The second-order valence-electron chi connectivity index (χ2n) is 4.54. The fourth-order valence-corrected chi connectivity index (χ4v) is 1.91. The van der Waals surface area contributed by atoms with Crippen molar-refractivity contribution in [1.82, 2.24) is 0 Å². The molecule has 0 amide bonds. The van der Waals surface area contributed by atoms with Crippen LogP contribution in [0.15, 0.2) is 61.2 Å². The molecule has 0 heterocycles. The van der Waals surface area contributed by atoms with E-state index in [4.69, 9.17) is 14.2 Å². The van der Waals surface area contributed by atoms with Crippen molar-refractivity contribution in [3.05, 3.63) is 66.7 Å². The minimum absolute atomic E-state index is 0.153. The first-order valence-electron chi connectivity index (χ1n) is 6.89. The molecule has 0 saturated carbocycles. The van der Waals surface area contributed by atoms with Gasteiger partial charge in [0.25, 0.3) is 0 Å². The van der Waals surface area contributed by atoms with Gasteiger partial charge >= 0.3 is 5.97 Å². The number of allylic oxidation sites excluding steroid dienone is 1. The highest BCUT2D eigenvalue weighted by molar-refractivity contribution is 5.74. The number of hydrogen-bond acceptors (Lipinski definition) is 4. The first-order chi connectivity index (χ1) is 10.7. The molecule has 0 spiro atoms. The third kappa shape index (κ3) is 4.38. The first kappa shape index (κ1) is 15.6. The molecule has 2 rings (SSSR count). The number of hydrogen-bond donors (Lipinski definition) is 0. The molecule has 2 aromatic carbocycles. The van der Waals surface area contributed by atoms with Crippen molar-refractivity contribution in [2.45, 2.75) is 6.42 Å². The van der Waals surface area contributed by atoms with E-state index in [1.807, 2.05) is 24.3 Å². The van der Waals surface area contributed by atoms with Crippen molar-refractivity contribution in [2.75, 3.05) is 13.7 Å². The van der Waals surface area contributed by atoms with Crippen molar-refractivity contribution in [1.29, 1.82) is 0 Å². The molecule has 0 aliphatic heterocycles. The lowest BCUT2D eigenvalue weighted by atomic mass is 10.1. The monoisotopic (exact) mass is 298 g/mol. The second kappa shape index (κ2) is 7.88. The van der Waals surface area contributed by atoms with Crippen LogP contribution in [0.5, 0.6) is 17.2 Å². The Labute approximate surface area is 129 Å². The predicted octanol–water partition coefficient (Wildman–Crippen LogP) is 3.41. The topological polar surface area (TPSA) is 44.8 Å². The zero-order valence-electron chi connectivity index (χ0n) is 12.5. The van der Waals surface area contributed by atoms with Crippen LogP contribution in [-0.4, -0.2) is 19.7 Å². The summed E-state index contributed by atoms with van der Waals surface area (Å²) in [6.07, 6.45) is 2.47. The summed E-state index contributed by atoms with van der Waals surface area (Å²) in [5, 5.41) is 0. The highest BCUT2D eigenvalue weighted by atomic mass is 16.6. The molecule has 4 heteroatoms. The molecule has 2 aromatic rings. The Kier molecular flexibility index (Phi) is 5.60. The van der Waals surface area contributed by atoms with Crippen LogP contribution in [0.25, 0.3) is 0 Å². The standard InChI is InChI=1S/C18H18O4/c1-3-6-14-7-4-5-8-17(14)21-13-18(19)22-16-11-9-15(20-2)10-12-16/h3-5,7-12H,1,6,13H2,2H3. The highest BCUT2D eigenvalue weighted by Gasteiger charge is 2.08. The zero-order valence-corrected chi connectivity index (χ0v) is 12.5. The van der Waals surface area contributed by atoms with Gasteiger partial charge in [-0.2, -0.15) is 0 Å². The van der Waals surface area contributed by atoms with Crippen LogP contribution in [0.1, 0.15) is 5.56 Å². The molecule has 0 saturated heterocycles. The van der Waals surface area contributed by atoms with Crippen molar-refractivity contribution in [3.63, 3.8) is 0 Å². The van der Waals surface area contributed by atoms with Crippen LogP contribution < -0.4 is 14.2 Å². The van der Waals surface area contributed by atoms with E-state index in [-0.39, 0.29) is 6.61 Å². The van der Waals surface area contributed by atoms with Crippen molar-refractivity contribution >= 4 is 5.97 Å². The summed E-state index contributed by atoms with van der Waals surface area (Å²) in [6, 6.07) is 14.3. The fourth-order valence-electron chi connectivity index (χ4n) is 1.91. The van der Waals surface area contributed by atoms with Gasteiger partial charge in [-0.3, -0.25) is 0 Å². The van der Waals surface area contributed by atoms with Gasteiger partial charge in [0.1, 0.15) is 17.2 Å². The molecule has 0 N–H and O–H groups in total. The summed E-state index contributed by atoms with van der Waals surface area (Å²) in [5.74, 6) is 1.36.